The molecule has 1 fully saturated rings. The summed E-state index contributed by atoms with van der Waals surface area (Å²) in [4.78, 5) is 26.0. The summed E-state index contributed by atoms with van der Waals surface area (Å²) in [6.45, 7) is 4.09. The maximum absolute atomic E-state index is 12.8. The zero-order chi connectivity index (χ0) is 19.2. The van der Waals surface area contributed by atoms with Crippen molar-refractivity contribution in [2.75, 3.05) is 17.2 Å². The van der Waals surface area contributed by atoms with Gasteiger partial charge in [0.2, 0.25) is 5.91 Å². The second kappa shape index (κ2) is 8.54. The SMILES string of the molecule is CC(=O)Nc1cccc(NC(=O)N2CCCC2/C=C/c2ccccc2)c1C. The number of carbonyl (C=O) groups is 2. The molecule has 2 N–H and O–H groups in total. The van der Waals surface area contributed by atoms with E-state index in [1.54, 1.807) is 0 Å². The van der Waals surface area contributed by atoms with Crippen LogP contribution in [0.1, 0.15) is 30.9 Å². The van der Waals surface area contributed by atoms with Crippen molar-refractivity contribution < 1.29 is 9.59 Å². The maximum Gasteiger partial charge on any atom is 0.322 e. The van der Waals surface area contributed by atoms with Crippen LogP contribution in [-0.4, -0.2) is 29.4 Å². The van der Waals surface area contributed by atoms with Gasteiger partial charge in [0.25, 0.3) is 0 Å². The molecule has 2 aromatic carbocycles. The van der Waals surface area contributed by atoms with E-state index in [1.807, 2.05) is 60.4 Å². The third-order valence-corrected chi connectivity index (χ3v) is 4.76. The van der Waals surface area contributed by atoms with Crippen molar-refractivity contribution >= 4 is 29.4 Å². The van der Waals surface area contributed by atoms with Gasteiger partial charge in [-0.2, -0.15) is 0 Å². The van der Waals surface area contributed by atoms with Gasteiger partial charge in [-0.3, -0.25) is 4.79 Å². The van der Waals surface area contributed by atoms with Gasteiger partial charge in [-0.25, -0.2) is 4.79 Å². The average molecular weight is 363 g/mol. The van der Waals surface area contributed by atoms with Crippen molar-refractivity contribution in [1.29, 1.82) is 0 Å². The first-order chi connectivity index (χ1) is 13.0. The van der Waals surface area contributed by atoms with E-state index in [0.29, 0.717) is 11.4 Å². The molecule has 1 aliphatic heterocycles. The summed E-state index contributed by atoms with van der Waals surface area (Å²) < 4.78 is 0. The standard InChI is InChI=1S/C22H25N3O2/c1-16-20(23-17(2)26)11-6-12-21(16)24-22(27)25-15-7-10-19(25)14-13-18-8-4-3-5-9-18/h3-6,8-9,11-14,19H,7,10,15H2,1-2H3,(H,23,26)(H,24,27)/b14-13+. The molecule has 0 radical (unpaired) electrons. The van der Waals surface area contributed by atoms with Gasteiger partial charge in [0.15, 0.2) is 0 Å². The molecule has 3 amide bonds. The number of nitrogens with zero attached hydrogens (tertiary/aromatic N) is 1. The quantitative estimate of drug-likeness (QED) is 0.830. The number of carbonyl (C=O) groups excluding carboxylic acids is 2. The molecule has 2 aromatic rings. The fraction of sp³-hybridized carbons (Fsp3) is 0.273. The number of anilines is 2. The Hall–Kier alpha value is -3.08. The van der Waals surface area contributed by atoms with Crippen LogP contribution in [0.2, 0.25) is 0 Å². The molecule has 140 valence electrons. The molecule has 3 rings (SSSR count). The van der Waals surface area contributed by atoms with Crippen LogP contribution in [-0.2, 0) is 4.79 Å². The van der Waals surface area contributed by atoms with Gasteiger partial charge in [-0.1, -0.05) is 48.6 Å². The van der Waals surface area contributed by atoms with Crippen molar-refractivity contribution in [3.63, 3.8) is 0 Å². The average Bonchev–Trinajstić information content (AvgIpc) is 3.12. The van der Waals surface area contributed by atoms with Crippen LogP contribution in [0.5, 0.6) is 0 Å². The Morgan fingerprint density at radius 1 is 1.04 bits per heavy atom. The van der Waals surface area contributed by atoms with Gasteiger partial charge < -0.3 is 15.5 Å². The van der Waals surface area contributed by atoms with E-state index in [2.05, 4.69) is 22.8 Å². The summed E-state index contributed by atoms with van der Waals surface area (Å²) in [6, 6.07) is 15.6. The van der Waals surface area contributed by atoms with E-state index in [-0.39, 0.29) is 18.0 Å². The number of nitrogens with one attached hydrogen (secondary N) is 2. The largest absolute Gasteiger partial charge is 0.326 e. The van der Waals surface area contributed by atoms with E-state index in [4.69, 9.17) is 0 Å². The Kier molecular flexibility index (Phi) is 5.91. The first-order valence-corrected chi connectivity index (χ1v) is 9.22. The van der Waals surface area contributed by atoms with Gasteiger partial charge in [0.1, 0.15) is 0 Å². The molecular formula is C22H25N3O2. The smallest absolute Gasteiger partial charge is 0.322 e. The van der Waals surface area contributed by atoms with E-state index in [1.165, 1.54) is 6.92 Å². The molecule has 0 spiro atoms. The highest BCUT2D eigenvalue weighted by Gasteiger charge is 2.27. The van der Waals surface area contributed by atoms with Crippen molar-refractivity contribution in [2.24, 2.45) is 0 Å². The van der Waals surface area contributed by atoms with Gasteiger partial charge in [0, 0.05) is 24.8 Å². The highest BCUT2D eigenvalue weighted by atomic mass is 16.2. The number of rotatable bonds is 4. The second-order valence-corrected chi connectivity index (χ2v) is 6.76. The minimum Gasteiger partial charge on any atom is -0.326 e. The molecule has 1 atom stereocenters. The lowest BCUT2D eigenvalue weighted by Gasteiger charge is -2.23. The van der Waals surface area contributed by atoms with Crippen molar-refractivity contribution in [1.82, 2.24) is 4.90 Å². The van der Waals surface area contributed by atoms with Crippen LogP contribution < -0.4 is 10.6 Å². The zero-order valence-corrected chi connectivity index (χ0v) is 15.7. The molecule has 27 heavy (non-hydrogen) atoms. The van der Waals surface area contributed by atoms with Crippen LogP contribution >= 0.6 is 0 Å². The van der Waals surface area contributed by atoms with Gasteiger partial charge in [0.05, 0.1) is 6.04 Å². The molecule has 5 heteroatoms. The van der Waals surface area contributed by atoms with Crippen LogP contribution in [0.3, 0.4) is 0 Å². The second-order valence-electron chi connectivity index (χ2n) is 6.76. The highest BCUT2D eigenvalue weighted by Crippen LogP contribution is 2.25. The topological polar surface area (TPSA) is 61.4 Å². The van der Waals surface area contributed by atoms with Crippen LogP contribution in [0.4, 0.5) is 16.2 Å². The third-order valence-electron chi connectivity index (χ3n) is 4.76. The fourth-order valence-corrected chi connectivity index (χ4v) is 3.31. The lowest BCUT2D eigenvalue weighted by atomic mass is 10.1. The van der Waals surface area contributed by atoms with Crippen LogP contribution in [0.25, 0.3) is 6.08 Å². The molecule has 1 aliphatic rings. The molecular weight excluding hydrogens is 338 g/mol. The summed E-state index contributed by atoms with van der Waals surface area (Å²) in [5.74, 6) is -0.132. The molecule has 1 saturated heterocycles. The molecule has 0 bridgehead atoms. The Morgan fingerprint density at radius 3 is 2.44 bits per heavy atom. The predicted octanol–water partition coefficient (Wildman–Crippen LogP) is 4.66. The predicted molar refractivity (Wildman–Crippen MR) is 110 cm³/mol. The Morgan fingerprint density at radius 2 is 1.74 bits per heavy atom. The molecule has 0 aromatic heterocycles. The Balaban J connectivity index is 1.70. The first kappa shape index (κ1) is 18.7. The van der Waals surface area contributed by atoms with E-state index >= 15 is 0 Å². The number of likely N-dealkylation sites (tertiary alicyclic amines) is 1. The molecule has 1 unspecified atom stereocenters. The minimum atomic E-state index is -0.132. The lowest BCUT2D eigenvalue weighted by molar-refractivity contribution is -0.114. The Bertz CT molecular complexity index is 846. The summed E-state index contributed by atoms with van der Waals surface area (Å²) in [6.07, 6.45) is 6.12. The maximum atomic E-state index is 12.8. The normalized spacial score (nSPS) is 16.5. The summed E-state index contributed by atoms with van der Waals surface area (Å²) in [7, 11) is 0. The fourth-order valence-electron chi connectivity index (χ4n) is 3.31. The molecule has 0 saturated carbocycles. The molecule has 0 aliphatic carbocycles. The van der Waals surface area contributed by atoms with E-state index < -0.39 is 0 Å². The summed E-state index contributed by atoms with van der Waals surface area (Å²) in [5, 5.41) is 5.78. The van der Waals surface area contributed by atoms with Crippen molar-refractivity contribution in [2.45, 2.75) is 32.7 Å². The van der Waals surface area contributed by atoms with Crippen LogP contribution in [0.15, 0.2) is 54.6 Å². The number of benzene rings is 2. The summed E-state index contributed by atoms with van der Waals surface area (Å²) in [5.41, 5.74) is 3.39. The van der Waals surface area contributed by atoms with E-state index in [9.17, 15) is 9.59 Å². The van der Waals surface area contributed by atoms with Crippen molar-refractivity contribution in [3.05, 3.63) is 65.7 Å². The highest BCUT2D eigenvalue weighted by molar-refractivity contribution is 5.94. The zero-order valence-electron chi connectivity index (χ0n) is 15.7. The number of urea groups is 1. The minimum absolute atomic E-state index is 0.0871. The third kappa shape index (κ3) is 4.76. The van der Waals surface area contributed by atoms with Crippen LogP contribution in [0, 0.1) is 6.92 Å². The number of amides is 3. The van der Waals surface area contributed by atoms with Gasteiger partial charge in [-0.05, 0) is 43.0 Å². The Labute approximate surface area is 160 Å². The monoisotopic (exact) mass is 363 g/mol. The van der Waals surface area contributed by atoms with Crippen molar-refractivity contribution in [3.8, 4) is 0 Å². The molecule has 1 heterocycles. The summed E-state index contributed by atoms with van der Waals surface area (Å²) >= 11 is 0. The number of hydrogen-bond donors (Lipinski definition) is 2. The van der Waals surface area contributed by atoms with Gasteiger partial charge in [-0.15, -0.1) is 0 Å². The number of hydrogen-bond acceptors (Lipinski definition) is 2. The first-order valence-electron chi connectivity index (χ1n) is 9.22. The lowest BCUT2D eigenvalue weighted by Crippen LogP contribution is -2.37. The van der Waals surface area contributed by atoms with E-state index in [0.717, 1.165) is 30.5 Å². The van der Waals surface area contributed by atoms with Gasteiger partial charge >= 0.3 is 6.03 Å². The molecule has 5 nitrogen and oxygen atoms in total.